The van der Waals surface area contributed by atoms with Gasteiger partial charge >= 0.3 is 5.97 Å². The summed E-state index contributed by atoms with van der Waals surface area (Å²) in [6, 6.07) is 1.47. The standard InChI is InChI=1S/C11H11N3O3/c1-5-9(6(2)17-14-5)7-3-8(11(15)16)10(12)13-4-7/h3-4H,1-2H3,(H2,12,13)(H,15,16). The van der Waals surface area contributed by atoms with E-state index in [1.165, 1.54) is 12.3 Å². The Bertz CT molecular complexity index is 570. The molecule has 2 aromatic heterocycles. The molecule has 0 radical (unpaired) electrons. The maximum atomic E-state index is 11.0. The number of nitrogens with two attached hydrogens (primary N) is 1. The van der Waals surface area contributed by atoms with Gasteiger partial charge in [-0.3, -0.25) is 0 Å². The third-order valence-electron chi connectivity index (χ3n) is 2.47. The molecule has 0 amide bonds. The van der Waals surface area contributed by atoms with E-state index in [9.17, 15) is 4.79 Å². The Hall–Kier alpha value is -2.37. The van der Waals surface area contributed by atoms with Crippen molar-refractivity contribution in [3.8, 4) is 11.1 Å². The first kappa shape index (κ1) is 11.1. The van der Waals surface area contributed by atoms with Crippen LogP contribution in [0.1, 0.15) is 21.8 Å². The average Bonchev–Trinajstić information content (AvgIpc) is 2.59. The van der Waals surface area contributed by atoms with Gasteiger partial charge in [-0.15, -0.1) is 0 Å². The first-order chi connectivity index (χ1) is 8.00. The van der Waals surface area contributed by atoms with E-state index >= 15 is 0 Å². The smallest absolute Gasteiger partial charge is 0.339 e. The van der Waals surface area contributed by atoms with Crippen LogP contribution in [0.2, 0.25) is 0 Å². The van der Waals surface area contributed by atoms with Crippen molar-refractivity contribution in [3.05, 3.63) is 29.3 Å². The van der Waals surface area contributed by atoms with Crippen LogP contribution in [0.3, 0.4) is 0 Å². The first-order valence-corrected chi connectivity index (χ1v) is 4.92. The SMILES string of the molecule is Cc1noc(C)c1-c1cnc(N)c(C(=O)O)c1. The molecule has 2 aromatic rings. The van der Waals surface area contributed by atoms with Crippen LogP contribution in [-0.4, -0.2) is 21.2 Å². The Kier molecular flexibility index (Phi) is 2.55. The zero-order chi connectivity index (χ0) is 12.6. The van der Waals surface area contributed by atoms with Crippen LogP contribution >= 0.6 is 0 Å². The normalized spacial score (nSPS) is 10.5. The largest absolute Gasteiger partial charge is 0.478 e. The molecule has 0 aromatic carbocycles. The number of carboxylic acids is 1. The molecule has 0 aliphatic rings. The second-order valence-corrected chi connectivity index (χ2v) is 3.66. The van der Waals surface area contributed by atoms with E-state index in [0.717, 1.165) is 5.56 Å². The number of aryl methyl sites for hydroxylation is 2. The number of pyridine rings is 1. The van der Waals surface area contributed by atoms with Gasteiger partial charge in [0.05, 0.1) is 5.69 Å². The molecule has 6 nitrogen and oxygen atoms in total. The minimum atomic E-state index is -1.11. The monoisotopic (exact) mass is 233 g/mol. The van der Waals surface area contributed by atoms with Crippen molar-refractivity contribution >= 4 is 11.8 Å². The van der Waals surface area contributed by atoms with Gasteiger partial charge in [-0.05, 0) is 19.9 Å². The number of carboxylic acid groups (broad SMARTS) is 1. The predicted molar refractivity (Wildman–Crippen MR) is 60.6 cm³/mol. The van der Waals surface area contributed by atoms with Crippen molar-refractivity contribution in [2.24, 2.45) is 0 Å². The highest BCUT2D eigenvalue weighted by Crippen LogP contribution is 2.27. The van der Waals surface area contributed by atoms with E-state index < -0.39 is 5.97 Å². The van der Waals surface area contributed by atoms with E-state index in [0.29, 0.717) is 17.0 Å². The van der Waals surface area contributed by atoms with Gasteiger partial charge in [0.2, 0.25) is 0 Å². The van der Waals surface area contributed by atoms with Gasteiger partial charge < -0.3 is 15.4 Å². The Labute approximate surface area is 97.1 Å². The summed E-state index contributed by atoms with van der Waals surface area (Å²) in [4.78, 5) is 14.8. The summed E-state index contributed by atoms with van der Waals surface area (Å²) < 4.78 is 5.02. The van der Waals surface area contributed by atoms with Crippen LogP contribution in [0.5, 0.6) is 0 Å². The fourth-order valence-electron chi connectivity index (χ4n) is 1.68. The zero-order valence-electron chi connectivity index (χ0n) is 9.39. The van der Waals surface area contributed by atoms with Crippen LogP contribution in [0.4, 0.5) is 5.82 Å². The molecule has 3 N–H and O–H groups in total. The van der Waals surface area contributed by atoms with Gasteiger partial charge in [-0.2, -0.15) is 0 Å². The van der Waals surface area contributed by atoms with Crippen molar-refractivity contribution in [1.29, 1.82) is 0 Å². The highest BCUT2D eigenvalue weighted by molar-refractivity contribution is 5.94. The number of hydrogen-bond acceptors (Lipinski definition) is 5. The van der Waals surface area contributed by atoms with Crippen LogP contribution in [0.25, 0.3) is 11.1 Å². The fourth-order valence-corrected chi connectivity index (χ4v) is 1.68. The summed E-state index contributed by atoms with van der Waals surface area (Å²) in [5, 5.41) is 12.8. The highest BCUT2D eigenvalue weighted by Gasteiger charge is 2.16. The van der Waals surface area contributed by atoms with E-state index in [1.807, 2.05) is 0 Å². The molecular weight excluding hydrogens is 222 g/mol. The van der Waals surface area contributed by atoms with Gasteiger partial charge in [-0.1, -0.05) is 5.16 Å². The lowest BCUT2D eigenvalue weighted by atomic mass is 10.0. The molecule has 6 heteroatoms. The molecule has 0 bridgehead atoms. The maximum Gasteiger partial charge on any atom is 0.339 e. The molecule has 0 aliphatic carbocycles. The second-order valence-electron chi connectivity index (χ2n) is 3.66. The van der Waals surface area contributed by atoms with Crippen LogP contribution in [0.15, 0.2) is 16.8 Å². The van der Waals surface area contributed by atoms with Crippen LogP contribution in [0, 0.1) is 13.8 Å². The van der Waals surface area contributed by atoms with Crippen molar-refractivity contribution in [3.63, 3.8) is 0 Å². The molecule has 0 aliphatic heterocycles. The molecule has 88 valence electrons. The molecule has 0 saturated carbocycles. The van der Waals surface area contributed by atoms with Crippen LogP contribution in [-0.2, 0) is 0 Å². The summed E-state index contributed by atoms with van der Waals surface area (Å²) in [5.74, 6) is -0.498. The summed E-state index contributed by atoms with van der Waals surface area (Å²) >= 11 is 0. The molecule has 0 unspecified atom stereocenters. The van der Waals surface area contributed by atoms with Crippen LogP contribution < -0.4 is 5.73 Å². The third kappa shape index (κ3) is 1.84. The summed E-state index contributed by atoms with van der Waals surface area (Å²) in [6.45, 7) is 3.54. The van der Waals surface area contributed by atoms with E-state index in [2.05, 4.69) is 10.1 Å². The molecule has 0 saturated heterocycles. The van der Waals surface area contributed by atoms with Gasteiger partial charge in [0.25, 0.3) is 0 Å². The number of nitrogen functional groups attached to an aromatic ring is 1. The van der Waals surface area contributed by atoms with Gasteiger partial charge in [0.1, 0.15) is 17.1 Å². The van der Waals surface area contributed by atoms with Gasteiger partial charge in [-0.25, -0.2) is 9.78 Å². The number of anilines is 1. The molecule has 0 atom stereocenters. The van der Waals surface area contributed by atoms with E-state index in [4.69, 9.17) is 15.4 Å². The number of carbonyl (C=O) groups is 1. The lowest BCUT2D eigenvalue weighted by Crippen LogP contribution is -2.04. The highest BCUT2D eigenvalue weighted by atomic mass is 16.5. The Morgan fingerprint density at radius 1 is 1.47 bits per heavy atom. The zero-order valence-corrected chi connectivity index (χ0v) is 9.39. The number of rotatable bonds is 2. The summed E-state index contributed by atoms with van der Waals surface area (Å²) in [6.07, 6.45) is 1.51. The fraction of sp³-hybridized carbons (Fsp3) is 0.182. The average molecular weight is 233 g/mol. The lowest BCUT2D eigenvalue weighted by Gasteiger charge is -2.04. The minimum Gasteiger partial charge on any atom is -0.478 e. The lowest BCUT2D eigenvalue weighted by molar-refractivity contribution is 0.0697. The molecule has 2 rings (SSSR count). The minimum absolute atomic E-state index is 0.00647. The number of hydrogen-bond donors (Lipinski definition) is 2. The quantitative estimate of drug-likeness (QED) is 0.817. The maximum absolute atomic E-state index is 11.0. The molecule has 0 fully saturated rings. The number of aromatic nitrogens is 2. The van der Waals surface area contributed by atoms with E-state index in [-0.39, 0.29) is 11.4 Å². The van der Waals surface area contributed by atoms with Crippen molar-refractivity contribution in [2.75, 3.05) is 5.73 Å². The number of nitrogens with zero attached hydrogens (tertiary/aromatic N) is 2. The van der Waals surface area contributed by atoms with Gasteiger partial charge in [0.15, 0.2) is 0 Å². The predicted octanol–water partition coefficient (Wildman–Crippen LogP) is 1.63. The molecule has 2 heterocycles. The molecule has 0 spiro atoms. The molecular formula is C11H11N3O3. The van der Waals surface area contributed by atoms with Crippen molar-refractivity contribution in [2.45, 2.75) is 13.8 Å². The van der Waals surface area contributed by atoms with E-state index in [1.54, 1.807) is 13.8 Å². The second kappa shape index (κ2) is 3.89. The molecule has 17 heavy (non-hydrogen) atoms. The Morgan fingerprint density at radius 2 is 2.18 bits per heavy atom. The Morgan fingerprint density at radius 3 is 2.71 bits per heavy atom. The first-order valence-electron chi connectivity index (χ1n) is 4.92. The Balaban J connectivity index is 2.62. The third-order valence-corrected chi connectivity index (χ3v) is 2.47. The number of aromatic carboxylic acids is 1. The topological polar surface area (TPSA) is 102 Å². The van der Waals surface area contributed by atoms with Gasteiger partial charge in [0, 0.05) is 17.3 Å². The van der Waals surface area contributed by atoms with Crippen molar-refractivity contribution < 1.29 is 14.4 Å². The summed E-state index contributed by atoms with van der Waals surface area (Å²) in [5.41, 5.74) is 7.53. The van der Waals surface area contributed by atoms with Crippen molar-refractivity contribution in [1.82, 2.24) is 10.1 Å². The summed E-state index contributed by atoms with van der Waals surface area (Å²) in [7, 11) is 0.